The fraction of sp³-hybridized carbons (Fsp3) is 0.571. The Bertz CT molecular complexity index is 604. The molecule has 0 unspecified atom stereocenters. The van der Waals surface area contributed by atoms with Crippen LogP contribution in [0.4, 0.5) is 0 Å². The van der Waals surface area contributed by atoms with E-state index in [0.29, 0.717) is 28.8 Å². The highest BCUT2D eigenvalue weighted by Gasteiger charge is 2.39. The van der Waals surface area contributed by atoms with E-state index >= 15 is 0 Å². The smallest absolute Gasteiger partial charge is 0.252 e. The molecule has 3 nitrogen and oxygen atoms in total. The average molecular weight is 362 g/mol. The highest BCUT2D eigenvalue weighted by molar-refractivity contribution is 6.33. The minimum atomic E-state index is -0.0879. The number of fused-ring (bicyclic) bond motifs is 2. The van der Waals surface area contributed by atoms with Crippen LogP contribution in [0.2, 0.25) is 5.02 Å². The molecule has 3 rings (SSSR count). The molecule has 1 N–H and O–H groups in total. The molecule has 0 heterocycles. The Hall–Kier alpha value is -1.35. The summed E-state index contributed by atoms with van der Waals surface area (Å²) in [5.74, 6) is 0.773. The van der Waals surface area contributed by atoms with Crippen molar-refractivity contribution in [3.8, 4) is 0 Å². The number of aldehydes is 1. The Balaban J connectivity index is 0.00000225. The lowest BCUT2D eigenvalue weighted by Gasteiger charge is -2.45. The molecule has 25 heavy (non-hydrogen) atoms. The zero-order valence-corrected chi connectivity index (χ0v) is 15.6. The van der Waals surface area contributed by atoms with E-state index in [1.165, 1.54) is 44.9 Å². The van der Waals surface area contributed by atoms with Crippen LogP contribution in [0, 0.1) is 18.8 Å². The van der Waals surface area contributed by atoms with E-state index in [0.717, 1.165) is 24.3 Å². The molecule has 1 aromatic rings. The van der Waals surface area contributed by atoms with Crippen LogP contribution in [-0.2, 0) is 11.2 Å². The van der Waals surface area contributed by atoms with Gasteiger partial charge in [0.05, 0.1) is 10.6 Å². The topological polar surface area (TPSA) is 46.2 Å². The van der Waals surface area contributed by atoms with Crippen LogP contribution in [0.25, 0.3) is 0 Å². The van der Waals surface area contributed by atoms with Crippen LogP contribution in [0.1, 0.15) is 67.3 Å². The lowest BCUT2D eigenvalue weighted by Crippen LogP contribution is -2.43. The highest BCUT2D eigenvalue weighted by Crippen LogP contribution is 2.48. The second kappa shape index (κ2) is 8.84. The Morgan fingerprint density at radius 3 is 2.68 bits per heavy atom. The predicted octanol–water partition coefficient (Wildman–Crippen LogP) is 4.89. The standard InChI is InChI=1S/C20H26ClNO2.CH2/c21-18-8-7-15(6-3-11-23)12-17(18)19(24)22-14-20-9-1-4-16(13-20)5-2-10-20;/h7-8,11-12,16H,1-6,9-10,13-14H2,(H,22,24);1H2. The lowest BCUT2D eigenvalue weighted by molar-refractivity contribution is -0.107. The molecule has 2 bridgehead atoms. The van der Waals surface area contributed by atoms with E-state index in [1.807, 2.05) is 12.1 Å². The number of hydrogen-bond donors (Lipinski definition) is 1. The number of carbonyl (C=O) groups excluding carboxylic acids is 2. The quantitative estimate of drug-likeness (QED) is 0.733. The molecule has 2 saturated carbocycles. The van der Waals surface area contributed by atoms with Gasteiger partial charge in [-0.25, -0.2) is 0 Å². The molecule has 2 aliphatic rings. The lowest BCUT2D eigenvalue weighted by atomic mass is 9.62. The van der Waals surface area contributed by atoms with E-state index in [4.69, 9.17) is 11.6 Å². The van der Waals surface area contributed by atoms with Gasteiger partial charge < -0.3 is 10.1 Å². The first kappa shape index (κ1) is 20.0. The molecule has 0 spiro atoms. The molecule has 0 aromatic heterocycles. The largest absolute Gasteiger partial charge is 0.351 e. The van der Waals surface area contributed by atoms with Crippen molar-refractivity contribution in [3.63, 3.8) is 0 Å². The van der Waals surface area contributed by atoms with Crippen molar-refractivity contribution in [3.05, 3.63) is 41.8 Å². The maximum absolute atomic E-state index is 12.6. The van der Waals surface area contributed by atoms with Crippen LogP contribution < -0.4 is 5.32 Å². The summed E-state index contributed by atoms with van der Waals surface area (Å²) in [4.78, 5) is 23.2. The van der Waals surface area contributed by atoms with Crippen LogP contribution in [-0.4, -0.2) is 18.7 Å². The molecule has 0 aliphatic heterocycles. The van der Waals surface area contributed by atoms with Gasteiger partial charge in [-0.3, -0.25) is 4.79 Å². The van der Waals surface area contributed by atoms with Crippen LogP contribution in [0.5, 0.6) is 0 Å². The van der Waals surface area contributed by atoms with Crippen molar-refractivity contribution in [1.29, 1.82) is 0 Å². The summed E-state index contributed by atoms with van der Waals surface area (Å²) in [6, 6.07) is 5.46. The highest BCUT2D eigenvalue weighted by atomic mass is 35.5. The van der Waals surface area contributed by atoms with Crippen molar-refractivity contribution in [2.24, 2.45) is 11.3 Å². The number of hydrogen-bond acceptors (Lipinski definition) is 2. The first-order chi connectivity index (χ1) is 11.6. The van der Waals surface area contributed by atoms with Crippen molar-refractivity contribution >= 4 is 23.8 Å². The van der Waals surface area contributed by atoms with Gasteiger partial charge in [0.15, 0.2) is 0 Å². The predicted molar refractivity (Wildman–Crippen MR) is 102 cm³/mol. The third kappa shape index (κ3) is 4.84. The summed E-state index contributed by atoms with van der Waals surface area (Å²) in [6.45, 7) is 0.761. The molecule has 2 radical (unpaired) electrons. The summed E-state index contributed by atoms with van der Waals surface area (Å²) < 4.78 is 0. The van der Waals surface area contributed by atoms with Crippen LogP contribution in [0.15, 0.2) is 18.2 Å². The number of rotatable bonds is 6. The fourth-order valence-electron chi connectivity index (χ4n) is 4.56. The van der Waals surface area contributed by atoms with Crippen molar-refractivity contribution < 1.29 is 9.59 Å². The Kier molecular flexibility index (Phi) is 7.06. The molecule has 0 atom stereocenters. The van der Waals surface area contributed by atoms with E-state index in [-0.39, 0.29) is 13.3 Å². The van der Waals surface area contributed by atoms with Gasteiger partial charge >= 0.3 is 0 Å². The van der Waals surface area contributed by atoms with Gasteiger partial charge in [-0.05, 0) is 54.7 Å². The Labute approximate surface area is 156 Å². The van der Waals surface area contributed by atoms with E-state index in [2.05, 4.69) is 5.32 Å². The number of amides is 1. The summed E-state index contributed by atoms with van der Waals surface area (Å²) in [7, 11) is 0. The number of aryl methyl sites for hydroxylation is 1. The fourth-order valence-corrected chi connectivity index (χ4v) is 4.76. The monoisotopic (exact) mass is 361 g/mol. The SMILES string of the molecule is O=CCCc1ccc(Cl)c(C(=O)NCC23CCCC(CCC2)C3)c1.[CH2]. The number of carbonyl (C=O) groups is 2. The van der Waals surface area contributed by atoms with Crippen molar-refractivity contribution in [2.45, 2.75) is 57.8 Å². The molecule has 2 aliphatic carbocycles. The Morgan fingerprint density at radius 2 is 2.00 bits per heavy atom. The van der Waals surface area contributed by atoms with Gasteiger partial charge in [0, 0.05) is 13.0 Å². The summed E-state index contributed by atoms with van der Waals surface area (Å²) in [6.07, 6.45) is 11.1. The number of benzene rings is 1. The van der Waals surface area contributed by atoms with Gasteiger partial charge in [0.1, 0.15) is 6.29 Å². The molecule has 1 aromatic carbocycles. The normalized spacial score (nSPS) is 24.9. The van der Waals surface area contributed by atoms with Gasteiger partial charge in [-0.2, -0.15) is 0 Å². The van der Waals surface area contributed by atoms with Crippen LogP contribution in [0.3, 0.4) is 0 Å². The second-order valence-electron chi connectivity index (χ2n) is 7.56. The molecule has 1 amide bonds. The first-order valence-electron chi connectivity index (χ1n) is 9.12. The second-order valence-corrected chi connectivity index (χ2v) is 7.96. The maximum Gasteiger partial charge on any atom is 0.252 e. The van der Waals surface area contributed by atoms with Gasteiger partial charge in [-0.15, -0.1) is 0 Å². The van der Waals surface area contributed by atoms with Gasteiger partial charge in [-0.1, -0.05) is 50.8 Å². The minimum absolute atomic E-state index is 0. The minimum Gasteiger partial charge on any atom is -0.351 e. The van der Waals surface area contributed by atoms with E-state index in [9.17, 15) is 9.59 Å². The molecular formula is C21H28ClNO2. The van der Waals surface area contributed by atoms with Crippen molar-refractivity contribution in [2.75, 3.05) is 6.54 Å². The maximum atomic E-state index is 12.6. The summed E-state index contributed by atoms with van der Waals surface area (Å²) >= 11 is 6.22. The summed E-state index contributed by atoms with van der Waals surface area (Å²) in [5, 5.41) is 3.62. The van der Waals surface area contributed by atoms with Gasteiger partial charge in [0.2, 0.25) is 0 Å². The zero-order valence-electron chi connectivity index (χ0n) is 14.9. The van der Waals surface area contributed by atoms with E-state index in [1.54, 1.807) is 6.07 Å². The van der Waals surface area contributed by atoms with Crippen molar-refractivity contribution in [1.82, 2.24) is 5.32 Å². The van der Waals surface area contributed by atoms with E-state index < -0.39 is 0 Å². The third-order valence-electron chi connectivity index (χ3n) is 5.81. The average Bonchev–Trinajstić information content (AvgIpc) is 2.59. The third-order valence-corrected chi connectivity index (χ3v) is 6.14. The molecule has 4 heteroatoms. The summed E-state index contributed by atoms with van der Waals surface area (Å²) in [5.41, 5.74) is 1.81. The van der Waals surface area contributed by atoms with Gasteiger partial charge in [0.25, 0.3) is 5.91 Å². The molecule has 136 valence electrons. The molecular weight excluding hydrogens is 334 g/mol. The number of halogens is 1. The first-order valence-corrected chi connectivity index (χ1v) is 9.50. The zero-order chi connectivity index (χ0) is 17.0. The molecule has 2 fully saturated rings. The Morgan fingerprint density at radius 1 is 1.28 bits per heavy atom. The van der Waals surface area contributed by atoms with Crippen LogP contribution >= 0.6 is 11.6 Å². The number of nitrogens with one attached hydrogen (secondary N) is 1. The molecule has 0 saturated heterocycles.